The third kappa shape index (κ3) is 13.3. The highest BCUT2D eigenvalue weighted by atomic mass is 16.6. The minimum absolute atomic E-state index is 0.0470. The summed E-state index contributed by atoms with van der Waals surface area (Å²) >= 11 is 0. The molecule has 0 aliphatic rings. The molecule has 0 spiro atoms. The largest absolute Gasteiger partial charge is 0.466 e. The number of rotatable bonds is 13. The molecule has 0 saturated carbocycles. The van der Waals surface area contributed by atoms with Crippen molar-refractivity contribution in [2.75, 3.05) is 19.7 Å². The van der Waals surface area contributed by atoms with Gasteiger partial charge in [0.15, 0.2) is 0 Å². The van der Waals surface area contributed by atoms with Crippen LogP contribution in [0.1, 0.15) is 58.9 Å². The smallest absolute Gasteiger partial charge is 0.407 e. The molecule has 31 heavy (non-hydrogen) atoms. The Hall–Kier alpha value is -2.61. The van der Waals surface area contributed by atoms with Crippen molar-refractivity contribution >= 4 is 18.0 Å². The van der Waals surface area contributed by atoms with E-state index < -0.39 is 23.7 Å². The number of carbonyl (C=O) groups is 3. The molecule has 0 aliphatic carbocycles. The van der Waals surface area contributed by atoms with Gasteiger partial charge in [-0.3, -0.25) is 9.59 Å². The maximum atomic E-state index is 12.6. The molecule has 0 fully saturated rings. The second kappa shape index (κ2) is 14.4. The highest BCUT2D eigenvalue weighted by Gasteiger charge is 2.22. The first-order valence-electron chi connectivity index (χ1n) is 10.8. The summed E-state index contributed by atoms with van der Waals surface area (Å²) in [6.45, 7) is 8.23. The zero-order chi connectivity index (χ0) is 23.1. The van der Waals surface area contributed by atoms with Crippen molar-refractivity contribution in [3.63, 3.8) is 0 Å². The molecule has 1 amide bonds. The quantitative estimate of drug-likeness (QED) is 0.278. The van der Waals surface area contributed by atoms with Crippen LogP contribution in [0.15, 0.2) is 30.3 Å². The molecule has 8 nitrogen and oxygen atoms in total. The van der Waals surface area contributed by atoms with Crippen LogP contribution in [-0.2, 0) is 30.4 Å². The van der Waals surface area contributed by atoms with Crippen LogP contribution in [0.2, 0.25) is 0 Å². The van der Waals surface area contributed by atoms with Crippen LogP contribution in [0.3, 0.4) is 0 Å². The predicted octanol–water partition coefficient (Wildman–Crippen LogP) is 3.34. The van der Waals surface area contributed by atoms with Crippen LogP contribution in [-0.4, -0.2) is 49.4 Å². The zero-order valence-corrected chi connectivity index (χ0v) is 19.1. The molecule has 2 N–H and O–H groups in total. The van der Waals surface area contributed by atoms with Crippen molar-refractivity contribution < 1.29 is 28.6 Å². The number of alkyl carbamates (subject to hydrolysis) is 1. The fraction of sp³-hybridized carbons (Fsp3) is 0.609. The summed E-state index contributed by atoms with van der Waals surface area (Å²) in [7, 11) is 0. The average Bonchev–Trinajstić information content (AvgIpc) is 2.70. The molecule has 8 heteroatoms. The maximum Gasteiger partial charge on any atom is 0.407 e. The van der Waals surface area contributed by atoms with E-state index in [1.54, 1.807) is 27.7 Å². The van der Waals surface area contributed by atoms with E-state index in [0.29, 0.717) is 19.6 Å². The van der Waals surface area contributed by atoms with Crippen molar-refractivity contribution in [1.29, 1.82) is 0 Å². The Bertz CT molecular complexity index is 672. The highest BCUT2D eigenvalue weighted by Crippen LogP contribution is 2.07. The lowest BCUT2D eigenvalue weighted by Gasteiger charge is -2.22. The van der Waals surface area contributed by atoms with Crippen LogP contribution in [0.4, 0.5) is 4.79 Å². The zero-order valence-electron chi connectivity index (χ0n) is 19.1. The summed E-state index contributed by atoms with van der Waals surface area (Å²) in [4.78, 5) is 35.9. The molecule has 0 bridgehead atoms. The van der Waals surface area contributed by atoms with Crippen LogP contribution < -0.4 is 10.6 Å². The molecule has 0 saturated heterocycles. The van der Waals surface area contributed by atoms with Crippen molar-refractivity contribution in [2.45, 2.75) is 71.6 Å². The minimum Gasteiger partial charge on any atom is -0.466 e. The lowest BCUT2D eigenvalue weighted by Crippen LogP contribution is -2.48. The van der Waals surface area contributed by atoms with Gasteiger partial charge in [0.1, 0.15) is 18.2 Å². The molecule has 0 aromatic heterocycles. The van der Waals surface area contributed by atoms with Gasteiger partial charge < -0.3 is 24.8 Å². The maximum absolute atomic E-state index is 12.6. The van der Waals surface area contributed by atoms with Crippen LogP contribution in [0.5, 0.6) is 0 Å². The van der Waals surface area contributed by atoms with Gasteiger partial charge in [0.2, 0.25) is 0 Å². The standard InChI is InChI=1S/C23H36N2O6/c1-5-29-20(26)14-10-7-11-15-24-19(16-25-22(28)31-23(2,3)4)21(27)30-17-18-12-8-6-9-13-18/h6,8-9,12-13,19,24H,5,7,10-11,14-17H2,1-4H3,(H,25,28). The summed E-state index contributed by atoms with van der Waals surface area (Å²) < 4.78 is 15.5. The molecule has 174 valence electrons. The van der Waals surface area contributed by atoms with Gasteiger partial charge in [-0.15, -0.1) is 0 Å². The monoisotopic (exact) mass is 436 g/mol. The summed E-state index contributed by atoms with van der Waals surface area (Å²) in [6.07, 6.45) is 2.10. The predicted molar refractivity (Wildman–Crippen MR) is 117 cm³/mol. The van der Waals surface area contributed by atoms with E-state index in [9.17, 15) is 14.4 Å². The third-order valence-electron chi connectivity index (χ3n) is 4.11. The van der Waals surface area contributed by atoms with Crippen LogP contribution in [0.25, 0.3) is 0 Å². The molecule has 0 heterocycles. The molecule has 1 aromatic carbocycles. The van der Waals surface area contributed by atoms with Gasteiger partial charge in [-0.1, -0.05) is 36.8 Å². The summed E-state index contributed by atoms with van der Waals surface area (Å²) in [5.41, 5.74) is 0.258. The normalized spacial score (nSPS) is 12.0. The van der Waals surface area contributed by atoms with Gasteiger partial charge in [0.25, 0.3) is 0 Å². The Morgan fingerprint density at radius 1 is 1.00 bits per heavy atom. The summed E-state index contributed by atoms with van der Waals surface area (Å²) in [5, 5.41) is 5.74. The topological polar surface area (TPSA) is 103 Å². The molecule has 1 atom stereocenters. The highest BCUT2D eigenvalue weighted by molar-refractivity contribution is 5.77. The van der Waals surface area contributed by atoms with E-state index in [1.165, 1.54) is 0 Å². The van der Waals surface area contributed by atoms with Gasteiger partial charge in [-0.2, -0.15) is 0 Å². The number of nitrogens with one attached hydrogen (secondary N) is 2. The Balaban J connectivity index is 2.47. The number of unbranched alkanes of at least 4 members (excludes halogenated alkanes) is 2. The van der Waals surface area contributed by atoms with Crippen molar-refractivity contribution in [3.8, 4) is 0 Å². The summed E-state index contributed by atoms with van der Waals surface area (Å²) in [5.74, 6) is -0.647. The fourth-order valence-corrected chi connectivity index (χ4v) is 2.65. The van der Waals surface area contributed by atoms with Crippen molar-refractivity contribution in [2.24, 2.45) is 0 Å². The molecule has 0 aliphatic heterocycles. The molecular weight excluding hydrogens is 400 g/mol. The number of esters is 2. The SMILES string of the molecule is CCOC(=O)CCCCCNC(CNC(=O)OC(C)(C)C)C(=O)OCc1ccccc1. The van der Waals surface area contributed by atoms with E-state index >= 15 is 0 Å². The van der Waals surface area contributed by atoms with Gasteiger partial charge in [0, 0.05) is 13.0 Å². The average molecular weight is 437 g/mol. The van der Waals surface area contributed by atoms with Crippen molar-refractivity contribution in [1.82, 2.24) is 10.6 Å². The lowest BCUT2D eigenvalue weighted by atomic mass is 10.2. The Morgan fingerprint density at radius 2 is 1.71 bits per heavy atom. The van der Waals surface area contributed by atoms with Gasteiger partial charge in [-0.05, 0) is 52.6 Å². The van der Waals surface area contributed by atoms with E-state index in [-0.39, 0.29) is 19.1 Å². The molecule has 1 rings (SSSR count). The Labute approximate surface area is 185 Å². The van der Waals surface area contributed by atoms with E-state index in [1.807, 2.05) is 30.3 Å². The van der Waals surface area contributed by atoms with E-state index in [2.05, 4.69) is 10.6 Å². The molecule has 1 unspecified atom stereocenters. The van der Waals surface area contributed by atoms with Crippen molar-refractivity contribution in [3.05, 3.63) is 35.9 Å². The van der Waals surface area contributed by atoms with Gasteiger partial charge in [0.05, 0.1) is 6.61 Å². The Kier molecular flexibility index (Phi) is 12.3. The van der Waals surface area contributed by atoms with Gasteiger partial charge in [-0.25, -0.2) is 4.79 Å². The molecule has 1 aromatic rings. The number of ether oxygens (including phenoxy) is 3. The number of carbonyl (C=O) groups excluding carboxylic acids is 3. The lowest BCUT2D eigenvalue weighted by molar-refractivity contribution is -0.147. The first-order valence-corrected chi connectivity index (χ1v) is 10.8. The Morgan fingerprint density at radius 3 is 2.35 bits per heavy atom. The third-order valence-corrected chi connectivity index (χ3v) is 4.11. The minimum atomic E-state index is -0.707. The first-order chi connectivity index (χ1) is 14.7. The second-order valence-electron chi connectivity index (χ2n) is 8.10. The number of hydrogen-bond donors (Lipinski definition) is 2. The van der Waals surface area contributed by atoms with Gasteiger partial charge >= 0.3 is 18.0 Å². The van der Waals surface area contributed by atoms with E-state index in [4.69, 9.17) is 14.2 Å². The van der Waals surface area contributed by atoms with E-state index in [0.717, 1.165) is 24.8 Å². The number of amides is 1. The first kappa shape index (κ1) is 26.4. The fourth-order valence-electron chi connectivity index (χ4n) is 2.65. The van der Waals surface area contributed by atoms with Crippen LogP contribution >= 0.6 is 0 Å². The number of benzene rings is 1. The van der Waals surface area contributed by atoms with Crippen LogP contribution in [0, 0.1) is 0 Å². The molecule has 0 radical (unpaired) electrons. The second-order valence-corrected chi connectivity index (χ2v) is 8.10. The number of hydrogen-bond acceptors (Lipinski definition) is 7. The molecular formula is C23H36N2O6. The summed E-state index contributed by atoms with van der Waals surface area (Å²) in [6, 6.07) is 8.68.